The smallest absolute Gasteiger partial charge is 0.303 e. The molecule has 0 saturated carbocycles. The van der Waals surface area contributed by atoms with E-state index in [4.69, 9.17) is 30.9 Å². The number of aliphatic carboxylic acids is 1. The van der Waals surface area contributed by atoms with Gasteiger partial charge in [0.05, 0.1) is 12.7 Å². The summed E-state index contributed by atoms with van der Waals surface area (Å²) in [4.78, 5) is 10.9. The Bertz CT molecular complexity index is 1110. The highest BCUT2D eigenvalue weighted by molar-refractivity contribution is 6.30. The Labute approximate surface area is 206 Å². The molecular weight excluding hydrogens is 452 g/mol. The van der Waals surface area contributed by atoms with Crippen LogP contribution in [0.1, 0.15) is 43.4 Å². The fourth-order valence-electron chi connectivity index (χ4n) is 3.57. The van der Waals surface area contributed by atoms with Crippen molar-refractivity contribution < 1.29 is 24.1 Å². The van der Waals surface area contributed by atoms with Gasteiger partial charge in [-0.05, 0) is 73.7 Å². The summed E-state index contributed by atoms with van der Waals surface area (Å²) < 4.78 is 18.2. The summed E-state index contributed by atoms with van der Waals surface area (Å²) in [7, 11) is 0. The third-order valence-electron chi connectivity index (χ3n) is 5.51. The molecule has 0 heterocycles. The lowest BCUT2D eigenvalue weighted by atomic mass is 10.0. The maximum atomic E-state index is 10.9. The molecule has 0 aliphatic carbocycles. The lowest BCUT2D eigenvalue weighted by Crippen LogP contribution is -2.16. The van der Waals surface area contributed by atoms with Gasteiger partial charge in [-0.15, -0.1) is 0 Å². The maximum absolute atomic E-state index is 10.9. The molecule has 1 atom stereocenters. The van der Waals surface area contributed by atoms with Crippen LogP contribution in [0.25, 0.3) is 0 Å². The molecule has 0 spiro atoms. The van der Waals surface area contributed by atoms with Crippen molar-refractivity contribution >= 4 is 17.6 Å². The van der Waals surface area contributed by atoms with E-state index in [9.17, 15) is 4.79 Å². The molecule has 3 aromatic carbocycles. The van der Waals surface area contributed by atoms with E-state index in [-0.39, 0.29) is 12.5 Å². The first kappa shape index (κ1) is 25.4. The summed E-state index contributed by atoms with van der Waals surface area (Å²) in [6.45, 7) is 6.52. The summed E-state index contributed by atoms with van der Waals surface area (Å²) in [6.07, 6.45) is 2.04. The molecule has 0 aliphatic heterocycles. The van der Waals surface area contributed by atoms with Crippen molar-refractivity contribution in [1.82, 2.24) is 0 Å². The second-order valence-electron chi connectivity index (χ2n) is 8.20. The second-order valence-corrected chi connectivity index (χ2v) is 8.64. The number of carbonyl (C=O) groups is 1. The zero-order valence-electron chi connectivity index (χ0n) is 19.8. The molecule has 6 heteroatoms. The number of para-hydroxylation sites is 1. The van der Waals surface area contributed by atoms with Crippen molar-refractivity contribution in [3.8, 4) is 23.0 Å². The number of aryl methyl sites for hydroxylation is 3. The molecule has 0 aromatic heterocycles. The fraction of sp³-hybridized carbons (Fsp3) is 0.321. The number of halogens is 1. The quantitative estimate of drug-likeness (QED) is 0.294. The van der Waals surface area contributed by atoms with Gasteiger partial charge in [0, 0.05) is 23.9 Å². The molecule has 0 bridgehead atoms. The summed E-state index contributed by atoms with van der Waals surface area (Å²) in [5, 5.41) is 9.51. The number of carboxylic acids is 1. The molecule has 5 nitrogen and oxygen atoms in total. The number of rotatable bonds is 12. The fourth-order valence-corrected chi connectivity index (χ4v) is 3.74. The van der Waals surface area contributed by atoms with Crippen LogP contribution in [0.15, 0.2) is 60.7 Å². The SMILES string of the molecule is CCc1cc(OCCC(C)Oc2ccc(Cl)cc2Oc2ccccc2C)ccc1CCC(=O)O. The van der Waals surface area contributed by atoms with E-state index >= 15 is 0 Å². The number of benzene rings is 3. The first-order valence-corrected chi connectivity index (χ1v) is 11.9. The number of carboxylic acid groups (broad SMARTS) is 1. The van der Waals surface area contributed by atoms with Crippen LogP contribution in [-0.4, -0.2) is 23.8 Å². The van der Waals surface area contributed by atoms with Gasteiger partial charge in [-0.1, -0.05) is 42.8 Å². The standard InChI is InChI=1S/C28H31ClO5/c1-4-21-17-24(12-9-22(21)10-14-28(30)31)32-16-15-20(3)33-26-13-11-23(29)18-27(26)34-25-8-6-5-7-19(25)2/h5-9,11-13,17-18,20H,4,10,14-16H2,1-3H3,(H,30,31). The molecule has 0 radical (unpaired) electrons. The van der Waals surface area contributed by atoms with Gasteiger partial charge < -0.3 is 19.3 Å². The van der Waals surface area contributed by atoms with Gasteiger partial charge in [0.2, 0.25) is 0 Å². The molecule has 1 unspecified atom stereocenters. The van der Waals surface area contributed by atoms with Crippen LogP contribution in [-0.2, 0) is 17.6 Å². The zero-order chi connectivity index (χ0) is 24.5. The Kier molecular flexibility index (Phi) is 9.23. The average molecular weight is 483 g/mol. The predicted molar refractivity (Wildman–Crippen MR) is 135 cm³/mol. The van der Waals surface area contributed by atoms with Gasteiger partial charge in [-0.3, -0.25) is 4.79 Å². The minimum absolute atomic E-state index is 0.110. The van der Waals surface area contributed by atoms with Crippen molar-refractivity contribution in [2.45, 2.75) is 52.6 Å². The second kappa shape index (κ2) is 12.3. The summed E-state index contributed by atoms with van der Waals surface area (Å²) >= 11 is 6.20. The Morgan fingerprint density at radius 2 is 1.79 bits per heavy atom. The van der Waals surface area contributed by atoms with E-state index in [1.807, 2.05) is 62.4 Å². The molecule has 34 heavy (non-hydrogen) atoms. The maximum Gasteiger partial charge on any atom is 0.303 e. The van der Waals surface area contributed by atoms with Crippen molar-refractivity contribution in [1.29, 1.82) is 0 Å². The number of hydrogen-bond donors (Lipinski definition) is 1. The Hall–Kier alpha value is -3.18. The van der Waals surface area contributed by atoms with E-state index in [1.165, 1.54) is 0 Å². The van der Waals surface area contributed by atoms with Crippen LogP contribution in [0.5, 0.6) is 23.0 Å². The van der Waals surface area contributed by atoms with Crippen LogP contribution < -0.4 is 14.2 Å². The number of ether oxygens (including phenoxy) is 3. The van der Waals surface area contributed by atoms with E-state index in [1.54, 1.807) is 12.1 Å². The van der Waals surface area contributed by atoms with E-state index < -0.39 is 5.97 Å². The molecule has 3 aromatic rings. The highest BCUT2D eigenvalue weighted by atomic mass is 35.5. The van der Waals surface area contributed by atoms with Crippen LogP contribution in [0.2, 0.25) is 5.02 Å². The van der Waals surface area contributed by atoms with Gasteiger partial charge >= 0.3 is 5.97 Å². The summed E-state index contributed by atoms with van der Waals surface area (Å²) in [6, 6.07) is 19.0. The molecule has 0 amide bonds. The van der Waals surface area contributed by atoms with Crippen LogP contribution in [0.4, 0.5) is 0 Å². The largest absolute Gasteiger partial charge is 0.493 e. The van der Waals surface area contributed by atoms with E-state index in [2.05, 4.69) is 6.92 Å². The normalized spacial score (nSPS) is 11.6. The minimum atomic E-state index is -0.787. The highest BCUT2D eigenvalue weighted by Crippen LogP contribution is 2.36. The Morgan fingerprint density at radius 3 is 2.53 bits per heavy atom. The molecule has 1 N–H and O–H groups in total. The van der Waals surface area contributed by atoms with Crippen molar-refractivity contribution in [3.63, 3.8) is 0 Å². The molecule has 0 aliphatic rings. The van der Waals surface area contributed by atoms with Crippen molar-refractivity contribution in [2.75, 3.05) is 6.61 Å². The van der Waals surface area contributed by atoms with Crippen LogP contribution in [0, 0.1) is 6.92 Å². The lowest BCUT2D eigenvalue weighted by molar-refractivity contribution is -0.136. The molecule has 3 rings (SSSR count). The summed E-state index contributed by atoms with van der Waals surface area (Å²) in [5.41, 5.74) is 3.19. The van der Waals surface area contributed by atoms with Gasteiger partial charge in [-0.25, -0.2) is 0 Å². The van der Waals surface area contributed by atoms with Crippen molar-refractivity contribution in [3.05, 3.63) is 82.4 Å². The Balaban J connectivity index is 1.58. The molecule has 180 valence electrons. The van der Waals surface area contributed by atoms with E-state index in [0.717, 1.165) is 34.6 Å². The Morgan fingerprint density at radius 1 is 1.00 bits per heavy atom. The van der Waals surface area contributed by atoms with Crippen LogP contribution >= 0.6 is 11.6 Å². The van der Waals surface area contributed by atoms with Gasteiger partial charge in [0.15, 0.2) is 11.5 Å². The summed E-state index contributed by atoms with van der Waals surface area (Å²) in [5.74, 6) is 1.93. The third-order valence-corrected chi connectivity index (χ3v) is 5.74. The predicted octanol–water partition coefficient (Wildman–Crippen LogP) is 7.26. The number of hydrogen-bond acceptors (Lipinski definition) is 4. The first-order valence-electron chi connectivity index (χ1n) is 11.5. The molecule has 0 saturated heterocycles. The van der Waals surface area contributed by atoms with Crippen molar-refractivity contribution in [2.24, 2.45) is 0 Å². The topological polar surface area (TPSA) is 65.0 Å². The molecular formula is C28H31ClO5. The monoisotopic (exact) mass is 482 g/mol. The first-order chi connectivity index (χ1) is 16.4. The molecule has 0 fully saturated rings. The lowest BCUT2D eigenvalue weighted by Gasteiger charge is -2.19. The minimum Gasteiger partial charge on any atom is -0.493 e. The van der Waals surface area contributed by atoms with E-state index in [0.29, 0.717) is 36.0 Å². The van der Waals surface area contributed by atoms with Gasteiger partial charge in [0.25, 0.3) is 0 Å². The highest BCUT2D eigenvalue weighted by Gasteiger charge is 2.13. The van der Waals surface area contributed by atoms with Gasteiger partial charge in [-0.2, -0.15) is 0 Å². The zero-order valence-corrected chi connectivity index (χ0v) is 20.6. The third kappa shape index (κ3) is 7.42. The average Bonchev–Trinajstić information content (AvgIpc) is 2.81. The van der Waals surface area contributed by atoms with Gasteiger partial charge in [0.1, 0.15) is 11.5 Å². The van der Waals surface area contributed by atoms with Crippen LogP contribution in [0.3, 0.4) is 0 Å².